The highest BCUT2D eigenvalue weighted by Crippen LogP contribution is 2.24. The third-order valence-electron chi connectivity index (χ3n) is 5.86. The van der Waals surface area contributed by atoms with Gasteiger partial charge in [-0.3, -0.25) is 9.59 Å². The van der Waals surface area contributed by atoms with Gasteiger partial charge in [0.1, 0.15) is 4.90 Å². The summed E-state index contributed by atoms with van der Waals surface area (Å²) < 4.78 is 67.1. The maximum absolute atomic E-state index is 14.0. The van der Waals surface area contributed by atoms with Crippen molar-refractivity contribution in [1.29, 1.82) is 0 Å². The molecule has 0 atom stereocenters. The molecule has 2 heterocycles. The van der Waals surface area contributed by atoms with E-state index in [-0.39, 0.29) is 38.0 Å². The van der Waals surface area contributed by atoms with Crippen LogP contribution in [0.15, 0.2) is 41.3 Å². The number of rotatable bonds is 5. The molecule has 0 N–H and O–H groups in total. The maximum Gasteiger partial charge on any atom is 0.253 e. The van der Waals surface area contributed by atoms with Crippen molar-refractivity contribution < 1.29 is 31.2 Å². The monoisotopic (exact) mass is 481 g/mol. The van der Waals surface area contributed by atoms with Gasteiger partial charge in [-0.2, -0.15) is 4.31 Å². The van der Waals surface area contributed by atoms with Crippen LogP contribution in [0.3, 0.4) is 0 Å². The average molecular weight is 481 g/mol. The van der Waals surface area contributed by atoms with E-state index in [4.69, 9.17) is 0 Å². The maximum atomic E-state index is 14.0. The molecule has 2 saturated heterocycles. The predicted molar refractivity (Wildman–Crippen MR) is 112 cm³/mol. The molecular weight excluding hydrogens is 459 g/mol. The number of sulfonamides is 1. The van der Waals surface area contributed by atoms with Crippen LogP contribution in [0.2, 0.25) is 0 Å². The van der Waals surface area contributed by atoms with E-state index in [1.54, 1.807) is 23.1 Å². The standard InChI is InChI=1S/C22H22F3N3O4S/c23-17-6-7-18(21(25)20(17)24)33(31,32)28-11-9-26(10-12-28)22(30)16-4-1-3-15(13-16)14-27-8-2-5-19(27)29/h1,3-4,6-7,13H,2,5,8-12,14H2. The molecule has 0 saturated carbocycles. The van der Waals surface area contributed by atoms with Crippen molar-refractivity contribution >= 4 is 21.8 Å². The van der Waals surface area contributed by atoms with Crippen LogP contribution in [0.5, 0.6) is 0 Å². The van der Waals surface area contributed by atoms with E-state index in [0.717, 1.165) is 16.3 Å². The Morgan fingerprint density at radius 1 is 0.939 bits per heavy atom. The summed E-state index contributed by atoms with van der Waals surface area (Å²) in [5.41, 5.74) is 1.24. The van der Waals surface area contributed by atoms with Crippen LogP contribution >= 0.6 is 0 Å². The first-order chi connectivity index (χ1) is 15.7. The zero-order chi connectivity index (χ0) is 23.8. The molecule has 2 aliphatic rings. The van der Waals surface area contributed by atoms with Gasteiger partial charge in [0.25, 0.3) is 5.91 Å². The number of piperazine rings is 1. The largest absolute Gasteiger partial charge is 0.338 e. The Bertz CT molecular complexity index is 1200. The first kappa shape index (κ1) is 23.2. The molecule has 11 heteroatoms. The normalized spacial score (nSPS) is 17.6. The summed E-state index contributed by atoms with van der Waals surface area (Å²) in [5.74, 6) is -5.29. The number of likely N-dealkylation sites (tertiary alicyclic amines) is 1. The van der Waals surface area contributed by atoms with Crippen LogP contribution in [0.25, 0.3) is 0 Å². The molecule has 7 nitrogen and oxygen atoms in total. The quantitative estimate of drug-likeness (QED) is 0.615. The van der Waals surface area contributed by atoms with Crippen molar-refractivity contribution in [3.05, 3.63) is 65.0 Å². The Morgan fingerprint density at radius 2 is 1.67 bits per heavy atom. The van der Waals surface area contributed by atoms with E-state index in [1.165, 1.54) is 4.90 Å². The van der Waals surface area contributed by atoms with Crippen molar-refractivity contribution in [3.63, 3.8) is 0 Å². The van der Waals surface area contributed by atoms with Gasteiger partial charge in [0.05, 0.1) is 0 Å². The van der Waals surface area contributed by atoms with Crippen molar-refractivity contribution in [2.45, 2.75) is 24.3 Å². The third-order valence-corrected chi connectivity index (χ3v) is 7.78. The molecule has 2 amide bonds. The van der Waals surface area contributed by atoms with Crippen LogP contribution in [0.4, 0.5) is 13.2 Å². The minimum atomic E-state index is -4.39. The molecule has 2 aromatic carbocycles. The average Bonchev–Trinajstić information content (AvgIpc) is 3.21. The topological polar surface area (TPSA) is 78.0 Å². The summed E-state index contributed by atoms with van der Waals surface area (Å²) in [6, 6.07) is 8.19. The fourth-order valence-electron chi connectivity index (χ4n) is 4.05. The predicted octanol–water partition coefficient (Wildman–Crippen LogP) is 2.37. The smallest absolute Gasteiger partial charge is 0.253 e. The van der Waals surface area contributed by atoms with E-state index in [2.05, 4.69) is 0 Å². The molecule has 0 bridgehead atoms. The fraction of sp³-hybridized carbons (Fsp3) is 0.364. The number of halogens is 3. The van der Waals surface area contributed by atoms with E-state index in [9.17, 15) is 31.2 Å². The number of nitrogens with zero attached hydrogens (tertiary/aromatic N) is 3. The second-order valence-corrected chi connectivity index (χ2v) is 9.90. The summed E-state index contributed by atoms with van der Waals surface area (Å²) in [7, 11) is -4.39. The van der Waals surface area contributed by atoms with Crippen molar-refractivity contribution in [1.82, 2.24) is 14.1 Å². The Morgan fingerprint density at radius 3 is 2.33 bits per heavy atom. The SMILES string of the molecule is O=C1CCCN1Cc1cccc(C(=O)N2CCN(S(=O)(=O)c3ccc(F)c(F)c3F)CC2)c1. The highest BCUT2D eigenvalue weighted by atomic mass is 32.2. The highest BCUT2D eigenvalue weighted by Gasteiger charge is 2.33. The minimum Gasteiger partial charge on any atom is -0.338 e. The highest BCUT2D eigenvalue weighted by molar-refractivity contribution is 7.89. The number of amides is 2. The number of benzene rings is 2. The lowest BCUT2D eigenvalue weighted by Gasteiger charge is -2.34. The second kappa shape index (κ2) is 9.14. The van der Waals surface area contributed by atoms with Crippen LogP contribution in [-0.4, -0.2) is 67.1 Å². The summed E-state index contributed by atoms with van der Waals surface area (Å²) in [6.07, 6.45) is 1.35. The van der Waals surface area contributed by atoms with Gasteiger partial charge in [0.2, 0.25) is 15.9 Å². The van der Waals surface area contributed by atoms with Crippen LogP contribution < -0.4 is 0 Å². The molecule has 2 fully saturated rings. The minimum absolute atomic E-state index is 0.0538. The van der Waals surface area contributed by atoms with Gasteiger partial charge in [-0.1, -0.05) is 12.1 Å². The summed E-state index contributed by atoms with van der Waals surface area (Å²) in [4.78, 5) is 27.1. The first-order valence-electron chi connectivity index (χ1n) is 10.5. The lowest BCUT2D eigenvalue weighted by molar-refractivity contribution is -0.128. The van der Waals surface area contributed by atoms with E-state index < -0.39 is 32.4 Å². The number of hydrogen-bond donors (Lipinski definition) is 0. The zero-order valence-electron chi connectivity index (χ0n) is 17.6. The van der Waals surface area contributed by atoms with Crippen molar-refractivity contribution in [3.8, 4) is 0 Å². The summed E-state index contributed by atoms with van der Waals surface area (Å²) in [6.45, 7) is 0.983. The number of carbonyl (C=O) groups excluding carboxylic acids is 2. The molecule has 33 heavy (non-hydrogen) atoms. The molecule has 0 aromatic heterocycles. The van der Waals surface area contributed by atoms with Gasteiger partial charge in [-0.15, -0.1) is 0 Å². The Balaban J connectivity index is 1.43. The Labute approximate surface area is 189 Å². The van der Waals surface area contributed by atoms with Gasteiger partial charge in [0, 0.05) is 51.3 Å². The van der Waals surface area contributed by atoms with Gasteiger partial charge >= 0.3 is 0 Å². The third kappa shape index (κ3) is 4.60. The van der Waals surface area contributed by atoms with Gasteiger partial charge < -0.3 is 9.80 Å². The van der Waals surface area contributed by atoms with E-state index in [0.29, 0.717) is 37.2 Å². The number of hydrogen-bond acceptors (Lipinski definition) is 4. The van der Waals surface area contributed by atoms with Crippen molar-refractivity contribution in [2.75, 3.05) is 32.7 Å². The second-order valence-electron chi connectivity index (χ2n) is 7.99. The lowest BCUT2D eigenvalue weighted by atomic mass is 10.1. The Hall–Kier alpha value is -2.92. The molecule has 2 aliphatic heterocycles. The molecule has 0 aliphatic carbocycles. The van der Waals surface area contributed by atoms with Gasteiger partial charge in [0.15, 0.2) is 17.5 Å². The van der Waals surface area contributed by atoms with Crippen LogP contribution in [-0.2, 0) is 21.4 Å². The fourth-order valence-corrected chi connectivity index (χ4v) is 5.53. The summed E-state index contributed by atoms with van der Waals surface area (Å²) in [5, 5.41) is 0. The molecular formula is C22H22F3N3O4S. The van der Waals surface area contributed by atoms with E-state index >= 15 is 0 Å². The van der Waals surface area contributed by atoms with Crippen molar-refractivity contribution in [2.24, 2.45) is 0 Å². The van der Waals surface area contributed by atoms with Gasteiger partial charge in [-0.05, 0) is 36.2 Å². The molecule has 0 radical (unpaired) electrons. The van der Waals surface area contributed by atoms with Crippen LogP contribution in [0.1, 0.15) is 28.8 Å². The van der Waals surface area contributed by atoms with Crippen LogP contribution in [0, 0.1) is 17.5 Å². The lowest BCUT2D eigenvalue weighted by Crippen LogP contribution is -2.50. The Kier molecular flexibility index (Phi) is 6.44. The molecule has 176 valence electrons. The van der Waals surface area contributed by atoms with E-state index in [1.807, 2.05) is 6.07 Å². The molecule has 2 aromatic rings. The molecule has 0 unspecified atom stereocenters. The zero-order valence-corrected chi connectivity index (χ0v) is 18.5. The summed E-state index contributed by atoms with van der Waals surface area (Å²) >= 11 is 0. The number of carbonyl (C=O) groups is 2. The molecule has 4 rings (SSSR count). The first-order valence-corrected chi connectivity index (χ1v) is 11.9. The molecule has 0 spiro atoms. The van der Waals surface area contributed by atoms with Gasteiger partial charge in [-0.25, -0.2) is 21.6 Å².